The van der Waals surface area contributed by atoms with E-state index in [0.717, 1.165) is 6.54 Å². The standard InChI is InChI=1S/C13H20N2/c1-5-10-15(4)13-9-7-6-8-12(13)11(2)14-3/h5-9,11,14H,1,10H2,2-4H3. The zero-order valence-corrected chi connectivity index (χ0v) is 9.83. The molecule has 2 heteroatoms. The molecule has 0 spiro atoms. The van der Waals surface area contributed by atoms with Crippen molar-refractivity contribution in [1.82, 2.24) is 5.32 Å². The number of hydrogen-bond acceptors (Lipinski definition) is 2. The third-order valence-corrected chi connectivity index (χ3v) is 2.65. The van der Waals surface area contributed by atoms with Crippen LogP contribution in [0.4, 0.5) is 5.69 Å². The lowest BCUT2D eigenvalue weighted by Gasteiger charge is -2.23. The van der Waals surface area contributed by atoms with Crippen LogP contribution in [0.2, 0.25) is 0 Å². The Morgan fingerprint density at radius 1 is 1.47 bits per heavy atom. The maximum atomic E-state index is 3.76. The van der Waals surface area contributed by atoms with Gasteiger partial charge >= 0.3 is 0 Å². The maximum absolute atomic E-state index is 3.76. The van der Waals surface area contributed by atoms with Crippen molar-refractivity contribution in [2.75, 3.05) is 25.5 Å². The van der Waals surface area contributed by atoms with E-state index in [0.29, 0.717) is 6.04 Å². The van der Waals surface area contributed by atoms with E-state index in [4.69, 9.17) is 0 Å². The Morgan fingerprint density at radius 2 is 2.13 bits per heavy atom. The molecule has 0 aromatic heterocycles. The molecule has 0 fully saturated rings. The first-order valence-corrected chi connectivity index (χ1v) is 5.29. The van der Waals surface area contributed by atoms with Crippen LogP contribution in [0.1, 0.15) is 18.5 Å². The highest BCUT2D eigenvalue weighted by atomic mass is 15.1. The van der Waals surface area contributed by atoms with Crippen LogP contribution in [0.15, 0.2) is 36.9 Å². The van der Waals surface area contributed by atoms with Crippen LogP contribution in [0.25, 0.3) is 0 Å². The number of nitrogens with zero attached hydrogens (tertiary/aromatic N) is 1. The molecule has 0 heterocycles. The molecule has 0 bridgehead atoms. The molecule has 1 aromatic rings. The third kappa shape index (κ3) is 2.83. The quantitative estimate of drug-likeness (QED) is 0.742. The van der Waals surface area contributed by atoms with E-state index in [1.165, 1.54) is 11.3 Å². The van der Waals surface area contributed by atoms with E-state index in [-0.39, 0.29) is 0 Å². The van der Waals surface area contributed by atoms with Gasteiger partial charge in [0.2, 0.25) is 0 Å². The second kappa shape index (κ2) is 5.56. The Bertz CT molecular complexity index is 320. The zero-order valence-electron chi connectivity index (χ0n) is 9.83. The predicted octanol–water partition coefficient (Wildman–Crippen LogP) is 2.59. The van der Waals surface area contributed by atoms with Gasteiger partial charge in [-0.1, -0.05) is 24.3 Å². The Labute approximate surface area is 92.6 Å². The Balaban J connectivity index is 2.99. The van der Waals surface area contributed by atoms with Crippen molar-refractivity contribution in [3.8, 4) is 0 Å². The first-order valence-electron chi connectivity index (χ1n) is 5.29. The number of rotatable bonds is 5. The van der Waals surface area contributed by atoms with Crippen molar-refractivity contribution in [2.45, 2.75) is 13.0 Å². The summed E-state index contributed by atoms with van der Waals surface area (Å²) in [5.74, 6) is 0. The van der Waals surface area contributed by atoms with Gasteiger partial charge in [0.05, 0.1) is 0 Å². The molecule has 1 N–H and O–H groups in total. The zero-order chi connectivity index (χ0) is 11.3. The van der Waals surface area contributed by atoms with Gasteiger partial charge < -0.3 is 10.2 Å². The average molecular weight is 204 g/mol. The van der Waals surface area contributed by atoms with Crippen LogP contribution in [-0.2, 0) is 0 Å². The lowest BCUT2D eigenvalue weighted by Crippen LogP contribution is -2.21. The molecule has 82 valence electrons. The smallest absolute Gasteiger partial charge is 0.0414 e. The summed E-state index contributed by atoms with van der Waals surface area (Å²) in [5.41, 5.74) is 2.59. The molecule has 1 unspecified atom stereocenters. The van der Waals surface area contributed by atoms with E-state index in [1.54, 1.807) is 0 Å². The molecule has 1 aromatic carbocycles. The molecule has 0 saturated carbocycles. The lowest BCUT2D eigenvalue weighted by atomic mass is 10.1. The summed E-state index contributed by atoms with van der Waals surface area (Å²) in [6, 6.07) is 8.83. The van der Waals surface area contributed by atoms with Gasteiger partial charge in [-0.15, -0.1) is 6.58 Å². The summed E-state index contributed by atoms with van der Waals surface area (Å²) in [7, 11) is 4.07. The number of likely N-dealkylation sites (N-methyl/N-ethyl adjacent to an activating group) is 1. The summed E-state index contributed by atoms with van der Waals surface area (Å²) in [6.45, 7) is 6.80. The fourth-order valence-electron chi connectivity index (χ4n) is 1.65. The van der Waals surface area contributed by atoms with Gasteiger partial charge in [0.25, 0.3) is 0 Å². The minimum atomic E-state index is 0.369. The van der Waals surface area contributed by atoms with Gasteiger partial charge in [-0.05, 0) is 25.6 Å². The van der Waals surface area contributed by atoms with Gasteiger partial charge in [-0.2, -0.15) is 0 Å². The van der Waals surface area contributed by atoms with Crippen LogP contribution >= 0.6 is 0 Å². The Morgan fingerprint density at radius 3 is 2.73 bits per heavy atom. The van der Waals surface area contributed by atoms with E-state index < -0.39 is 0 Å². The molecule has 0 amide bonds. The Hall–Kier alpha value is -1.28. The fourth-order valence-corrected chi connectivity index (χ4v) is 1.65. The molecule has 0 aliphatic rings. The number of nitrogens with one attached hydrogen (secondary N) is 1. The van der Waals surface area contributed by atoms with Crippen molar-refractivity contribution in [2.24, 2.45) is 0 Å². The van der Waals surface area contributed by atoms with Crippen molar-refractivity contribution >= 4 is 5.69 Å². The van der Waals surface area contributed by atoms with Crippen LogP contribution < -0.4 is 10.2 Å². The summed E-state index contributed by atoms with van der Waals surface area (Å²) in [6.07, 6.45) is 1.92. The van der Waals surface area contributed by atoms with Crippen molar-refractivity contribution in [3.63, 3.8) is 0 Å². The molecule has 0 aliphatic heterocycles. The highest BCUT2D eigenvalue weighted by Crippen LogP contribution is 2.24. The molecule has 15 heavy (non-hydrogen) atoms. The van der Waals surface area contributed by atoms with Gasteiger partial charge in [-0.3, -0.25) is 0 Å². The molecule has 0 saturated heterocycles. The Kier molecular flexibility index (Phi) is 4.37. The van der Waals surface area contributed by atoms with Crippen molar-refractivity contribution in [1.29, 1.82) is 0 Å². The summed E-state index contributed by atoms with van der Waals surface area (Å²) in [5, 5.41) is 3.27. The van der Waals surface area contributed by atoms with Gasteiger partial charge in [0.15, 0.2) is 0 Å². The lowest BCUT2D eigenvalue weighted by molar-refractivity contribution is 0.651. The van der Waals surface area contributed by atoms with Crippen LogP contribution in [0, 0.1) is 0 Å². The van der Waals surface area contributed by atoms with E-state index in [2.05, 4.69) is 55.0 Å². The highest BCUT2D eigenvalue weighted by molar-refractivity contribution is 5.54. The molecular weight excluding hydrogens is 184 g/mol. The fraction of sp³-hybridized carbons (Fsp3) is 0.385. The molecule has 2 nitrogen and oxygen atoms in total. The minimum absolute atomic E-state index is 0.369. The number of benzene rings is 1. The SMILES string of the molecule is C=CCN(C)c1ccccc1C(C)NC. The second-order valence-corrected chi connectivity index (χ2v) is 3.74. The number of anilines is 1. The first-order chi connectivity index (χ1) is 7.20. The van der Waals surface area contributed by atoms with E-state index in [9.17, 15) is 0 Å². The van der Waals surface area contributed by atoms with Crippen molar-refractivity contribution in [3.05, 3.63) is 42.5 Å². The highest BCUT2D eigenvalue weighted by Gasteiger charge is 2.10. The minimum Gasteiger partial charge on any atom is -0.371 e. The van der Waals surface area contributed by atoms with Crippen LogP contribution in [-0.4, -0.2) is 20.6 Å². The molecule has 1 rings (SSSR count). The van der Waals surface area contributed by atoms with Gasteiger partial charge in [0, 0.05) is 25.3 Å². The van der Waals surface area contributed by atoms with E-state index in [1.807, 2.05) is 13.1 Å². The van der Waals surface area contributed by atoms with Crippen molar-refractivity contribution < 1.29 is 0 Å². The van der Waals surface area contributed by atoms with Gasteiger partial charge in [-0.25, -0.2) is 0 Å². The molecule has 0 radical (unpaired) electrons. The third-order valence-electron chi connectivity index (χ3n) is 2.65. The summed E-state index contributed by atoms with van der Waals surface area (Å²) in [4.78, 5) is 2.20. The van der Waals surface area contributed by atoms with Crippen LogP contribution in [0.3, 0.4) is 0 Å². The van der Waals surface area contributed by atoms with Gasteiger partial charge in [0.1, 0.15) is 0 Å². The summed E-state index contributed by atoms with van der Waals surface area (Å²) < 4.78 is 0. The molecular formula is C13H20N2. The van der Waals surface area contributed by atoms with E-state index >= 15 is 0 Å². The predicted molar refractivity (Wildman–Crippen MR) is 67.4 cm³/mol. The normalized spacial score (nSPS) is 12.2. The average Bonchev–Trinajstić information content (AvgIpc) is 2.28. The maximum Gasteiger partial charge on any atom is 0.0414 e. The largest absolute Gasteiger partial charge is 0.371 e. The summed E-state index contributed by atoms with van der Waals surface area (Å²) >= 11 is 0. The molecule has 0 aliphatic carbocycles. The van der Waals surface area contributed by atoms with Crippen LogP contribution in [0.5, 0.6) is 0 Å². The second-order valence-electron chi connectivity index (χ2n) is 3.74. The number of para-hydroxylation sites is 1. The number of hydrogen-bond donors (Lipinski definition) is 1. The monoisotopic (exact) mass is 204 g/mol. The first kappa shape index (κ1) is 11.8. The topological polar surface area (TPSA) is 15.3 Å². The molecule has 1 atom stereocenters.